The summed E-state index contributed by atoms with van der Waals surface area (Å²) >= 11 is 0. The number of carbonyl (C=O) groups excluding carboxylic acids is 1. The van der Waals surface area contributed by atoms with Crippen LogP contribution in [0.1, 0.15) is 77.6 Å². The standard InChI is InChI=1S/C21H38N4O2/c1-2-22-21(23-14-7-12-20(26)27-19-10-5-6-11-19)24-17-13-15-25(16-17)18-8-3-4-9-18/h17-19H,2-16H2,1H3,(H2,22,23,24). The molecule has 1 heterocycles. The third kappa shape index (κ3) is 6.66. The van der Waals surface area contributed by atoms with E-state index in [0.29, 0.717) is 19.0 Å². The second kappa shape index (κ2) is 10.9. The molecule has 0 spiro atoms. The fourth-order valence-electron chi connectivity index (χ4n) is 4.68. The minimum Gasteiger partial charge on any atom is -0.462 e. The molecular weight excluding hydrogens is 340 g/mol. The van der Waals surface area contributed by atoms with Crippen molar-refractivity contribution in [2.45, 2.75) is 95.7 Å². The predicted molar refractivity (Wildman–Crippen MR) is 109 cm³/mol. The lowest BCUT2D eigenvalue weighted by Gasteiger charge is -2.24. The Morgan fingerprint density at radius 2 is 1.85 bits per heavy atom. The van der Waals surface area contributed by atoms with Crippen molar-refractivity contribution in [3.63, 3.8) is 0 Å². The van der Waals surface area contributed by atoms with Gasteiger partial charge >= 0.3 is 5.97 Å². The summed E-state index contributed by atoms with van der Waals surface area (Å²) in [5, 5.41) is 6.94. The van der Waals surface area contributed by atoms with Gasteiger partial charge in [-0.3, -0.25) is 14.7 Å². The van der Waals surface area contributed by atoms with E-state index in [4.69, 9.17) is 4.74 Å². The Bertz CT molecular complexity index is 485. The van der Waals surface area contributed by atoms with Gasteiger partial charge in [-0.15, -0.1) is 0 Å². The van der Waals surface area contributed by atoms with Crippen LogP contribution in [0.25, 0.3) is 0 Å². The highest BCUT2D eigenvalue weighted by Crippen LogP contribution is 2.26. The third-order valence-electron chi connectivity index (χ3n) is 6.16. The van der Waals surface area contributed by atoms with Crippen LogP contribution in [0.5, 0.6) is 0 Å². The highest BCUT2D eigenvalue weighted by Gasteiger charge is 2.30. The smallest absolute Gasteiger partial charge is 0.306 e. The molecule has 3 rings (SSSR count). The fourth-order valence-corrected chi connectivity index (χ4v) is 4.68. The average Bonchev–Trinajstić information content (AvgIpc) is 3.40. The molecule has 27 heavy (non-hydrogen) atoms. The van der Waals surface area contributed by atoms with Crippen molar-refractivity contribution in [2.75, 3.05) is 26.2 Å². The maximum atomic E-state index is 11.9. The van der Waals surface area contributed by atoms with Crippen molar-refractivity contribution in [1.29, 1.82) is 0 Å². The van der Waals surface area contributed by atoms with Gasteiger partial charge in [0.05, 0.1) is 0 Å². The first-order chi connectivity index (χ1) is 13.2. The normalized spacial score (nSPS) is 25.2. The molecule has 0 aromatic rings. The lowest BCUT2D eigenvalue weighted by molar-refractivity contribution is -0.148. The maximum absolute atomic E-state index is 11.9. The summed E-state index contributed by atoms with van der Waals surface area (Å²) in [4.78, 5) is 19.2. The summed E-state index contributed by atoms with van der Waals surface area (Å²) in [6.45, 7) is 5.94. The summed E-state index contributed by atoms with van der Waals surface area (Å²) in [5.74, 6) is 0.831. The van der Waals surface area contributed by atoms with Crippen LogP contribution in [0.2, 0.25) is 0 Å². The van der Waals surface area contributed by atoms with Crippen molar-refractivity contribution >= 4 is 11.9 Å². The fraction of sp³-hybridized carbons (Fsp3) is 0.905. The Balaban J connectivity index is 1.35. The predicted octanol–water partition coefficient (Wildman–Crippen LogP) is 2.82. The van der Waals surface area contributed by atoms with Gasteiger partial charge < -0.3 is 15.4 Å². The molecule has 2 N–H and O–H groups in total. The molecule has 0 radical (unpaired) electrons. The first-order valence-corrected chi connectivity index (χ1v) is 11.2. The van der Waals surface area contributed by atoms with Gasteiger partial charge in [0.15, 0.2) is 5.96 Å². The molecule has 1 aliphatic heterocycles. The first kappa shape index (κ1) is 20.4. The van der Waals surface area contributed by atoms with Crippen LogP contribution in [-0.2, 0) is 9.53 Å². The topological polar surface area (TPSA) is 66.0 Å². The van der Waals surface area contributed by atoms with Crippen molar-refractivity contribution < 1.29 is 9.53 Å². The molecule has 3 aliphatic rings. The Morgan fingerprint density at radius 3 is 2.59 bits per heavy atom. The first-order valence-electron chi connectivity index (χ1n) is 11.2. The number of guanidine groups is 1. The van der Waals surface area contributed by atoms with E-state index in [0.717, 1.165) is 44.4 Å². The minimum absolute atomic E-state index is 0.0574. The van der Waals surface area contributed by atoms with Gasteiger partial charge in [-0.25, -0.2) is 0 Å². The molecule has 6 nitrogen and oxygen atoms in total. The zero-order valence-electron chi connectivity index (χ0n) is 17.0. The number of aliphatic imine (C=N–C) groups is 1. The van der Waals surface area contributed by atoms with Gasteiger partial charge in [-0.1, -0.05) is 12.8 Å². The number of esters is 1. The second-order valence-electron chi connectivity index (χ2n) is 8.32. The van der Waals surface area contributed by atoms with Crippen LogP contribution >= 0.6 is 0 Å². The second-order valence-corrected chi connectivity index (χ2v) is 8.32. The summed E-state index contributed by atoms with van der Waals surface area (Å²) in [6, 6.07) is 1.29. The van der Waals surface area contributed by atoms with E-state index >= 15 is 0 Å². The van der Waals surface area contributed by atoms with Gasteiger partial charge in [0.25, 0.3) is 0 Å². The molecule has 1 atom stereocenters. The average molecular weight is 379 g/mol. The van der Waals surface area contributed by atoms with Gasteiger partial charge in [0, 0.05) is 44.7 Å². The van der Waals surface area contributed by atoms with Crippen LogP contribution in [0.4, 0.5) is 0 Å². The zero-order chi connectivity index (χ0) is 18.9. The van der Waals surface area contributed by atoms with E-state index < -0.39 is 0 Å². The summed E-state index contributed by atoms with van der Waals surface area (Å²) in [7, 11) is 0. The highest BCUT2D eigenvalue weighted by molar-refractivity contribution is 5.80. The SMILES string of the molecule is CCNC(=NCCCC(=O)OC1CCCC1)NC1CCN(C2CCCC2)C1. The molecule has 1 unspecified atom stereocenters. The number of ether oxygens (including phenoxy) is 1. The quantitative estimate of drug-likeness (QED) is 0.294. The Morgan fingerprint density at radius 1 is 1.11 bits per heavy atom. The number of hydrogen-bond acceptors (Lipinski definition) is 4. The molecule has 2 aliphatic carbocycles. The molecule has 3 fully saturated rings. The molecule has 154 valence electrons. The van der Waals surface area contributed by atoms with Gasteiger partial charge in [0.2, 0.25) is 0 Å². The Kier molecular flexibility index (Phi) is 8.24. The van der Waals surface area contributed by atoms with Crippen LogP contribution in [0, 0.1) is 0 Å². The van der Waals surface area contributed by atoms with Crippen LogP contribution in [0.15, 0.2) is 4.99 Å². The molecule has 1 saturated heterocycles. The molecule has 6 heteroatoms. The molecule has 2 saturated carbocycles. The Hall–Kier alpha value is -1.30. The van der Waals surface area contributed by atoms with Crippen molar-refractivity contribution in [3.05, 3.63) is 0 Å². The number of hydrogen-bond donors (Lipinski definition) is 2. The monoisotopic (exact) mass is 378 g/mol. The van der Waals surface area contributed by atoms with Crippen molar-refractivity contribution in [1.82, 2.24) is 15.5 Å². The number of nitrogens with zero attached hydrogens (tertiary/aromatic N) is 2. The largest absolute Gasteiger partial charge is 0.462 e. The summed E-state index contributed by atoms with van der Waals surface area (Å²) < 4.78 is 5.51. The molecule has 0 bridgehead atoms. The highest BCUT2D eigenvalue weighted by atomic mass is 16.5. The molecule has 0 amide bonds. The number of rotatable bonds is 8. The van der Waals surface area contributed by atoms with Crippen LogP contribution < -0.4 is 10.6 Å². The van der Waals surface area contributed by atoms with E-state index in [1.807, 2.05) is 0 Å². The van der Waals surface area contributed by atoms with E-state index in [-0.39, 0.29) is 12.1 Å². The van der Waals surface area contributed by atoms with E-state index in [1.165, 1.54) is 51.5 Å². The lowest BCUT2D eigenvalue weighted by Crippen LogP contribution is -2.45. The van der Waals surface area contributed by atoms with Gasteiger partial charge in [-0.2, -0.15) is 0 Å². The number of likely N-dealkylation sites (tertiary alicyclic amines) is 1. The number of nitrogens with one attached hydrogen (secondary N) is 2. The summed E-state index contributed by atoms with van der Waals surface area (Å²) in [5.41, 5.74) is 0. The molecule has 0 aromatic heterocycles. The van der Waals surface area contributed by atoms with E-state index in [1.54, 1.807) is 0 Å². The molecule has 0 aromatic carbocycles. The van der Waals surface area contributed by atoms with Crippen LogP contribution in [-0.4, -0.2) is 61.2 Å². The maximum Gasteiger partial charge on any atom is 0.306 e. The third-order valence-corrected chi connectivity index (χ3v) is 6.16. The zero-order valence-corrected chi connectivity index (χ0v) is 17.0. The summed E-state index contributed by atoms with van der Waals surface area (Å²) in [6.07, 6.45) is 12.6. The van der Waals surface area contributed by atoms with E-state index in [2.05, 4.69) is 27.4 Å². The van der Waals surface area contributed by atoms with Crippen LogP contribution in [0.3, 0.4) is 0 Å². The lowest BCUT2D eigenvalue weighted by atomic mass is 10.2. The minimum atomic E-state index is -0.0574. The van der Waals surface area contributed by atoms with Gasteiger partial charge in [-0.05, 0) is 58.3 Å². The van der Waals surface area contributed by atoms with Gasteiger partial charge in [0.1, 0.15) is 6.10 Å². The molecular formula is C21H38N4O2. The Labute approximate surface area is 164 Å². The number of carbonyl (C=O) groups is 1. The van der Waals surface area contributed by atoms with E-state index in [9.17, 15) is 4.79 Å². The van der Waals surface area contributed by atoms with Crippen molar-refractivity contribution in [3.8, 4) is 0 Å². The van der Waals surface area contributed by atoms with Crippen molar-refractivity contribution in [2.24, 2.45) is 4.99 Å².